The summed E-state index contributed by atoms with van der Waals surface area (Å²) in [5.74, 6) is -0.747. The number of likely N-dealkylation sites (tertiary alicyclic amines) is 1. The number of rotatable bonds is 7. The Morgan fingerprint density at radius 1 is 1.10 bits per heavy atom. The average Bonchev–Trinajstić information content (AvgIpc) is 3.07. The Kier molecular flexibility index (Phi) is 6.88. The van der Waals surface area contributed by atoms with Crippen LogP contribution < -0.4 is 10.6 Å². The maximum absolute atomic E-state index is 12.5. The Morgan fingerprint density at radius 2 is 1.86 bits per heavy atom. The van der Waals surface area contributed by atoms with Gasteiger partial charge in [0.25, 0.3) is 5.91 Å². The van der Waals surface area contributed by atoms with Crippen LogP contribution in [0.5, 0.6) is 0 Å². The highest BCUT2D eigenvalue weighted by molar-refractivity contribution is 6.31. The number of hydrogen-bond donors (Lipinski definition) is 2. The van der Waals surface area contributed by atoms with E-state index in [2.05, 4.69) is 17.6 Å². The molecule has 0 bridgehead atoms. The lowest BCUT2D eigenvalue weighted by Gasteiger charge is -2.16. The molecule has 152 valence electrons. The molecular formula is C22H24ClN3O3. The number of nitrogens with zero attached hydrogens (tertiary/aromatic N) is 1. The summed E-state index contributed by atoms with van der Waals surface area (Å²) in [6.45, 7) is 3.24. The smallest absolute Gasteiger partial charge is 0.255 e. The molecule has 1 saturated heterocycles. The standard InChI is InChI=1S/C22H24ClN3O3/c1-2-3-11-26-14-16(12-20(26)27)22(29)24-18-9-7-15(8-10-18)21(28)25-19-6-4-5-17(23)13-19/h4-10,13,16H,2-3,11-12,14H2,1H3,(H,24,29)(H,25,28)/t16-/m0/s1. The van der Waals surface area contributed by atoms with E-state index < -0.39 is 0 Å². The quantitative estimate of drug-likeness (QED) is 0.714. The van der Waals surface area contributed by atoms with Gasteiger partial charge in [0.2, 0.25) is 11.8 Å². The lowest BCUT2D eigenvalue weighted by atomic mass is 10.1. The van der Waals surface area contributed by atoms with E-state index in [-0.39, 0.29) is 30.1 Å². The zero-order valence-electron chi connectivity index (χ0n) is 16.3. The van der Waals surface area contributed by atoms with E-state index in [4.69, 9.17) is 11.6 Å². The van der Waals surface area contributed by atoms with Crippen molar-refractivity contribution < 1.29 is 14.4 Å². The van der Waals surface area contributed by atoms with E-state index in [1.54, 1.807) is 53.4 Å². The highest BCUT2D eigenvalue weighted by Gasteiger charge is 2.33. The number of carbonyl (C=O) groups is 3. The molecular weight excluding hydrogens is 390 g/mol. The fourth-order valence-electron chi connectivity index (χ4n) is 3.23. The van der Waals surface area contributed by atoms with E-state index in [1.165, 1.54) is 0 Å². The largest absolute Gasteiger partial charge is 0.342 e. The number of amides is 3. The van der Waals surface area contributed by atoms with Crippen LogP contribution in [0.3, 0.4) is 0 Å². The second kappa shape index (κ2) is 9.56. The van der Waals surface area contributed by atoms with Gasteiger partial charge in [-0.1, -0.05) is 31.0 Å². The van der Waals surface area contributed by atoms with E-state index in [9.17, 15) is 14.4 Å². The topological polar surface area (TPSA) is 78.5 Å². The summed E-state index contributed by atoms with van der Waals surface area (Å²) in [5.41, 5.74) is 1.66. The molecule has 1 atom stereocenters. The average molecular weight is 414 g/mol. The van der Waals surface area contributed by atoms with Crippen LogP contribution in [-0.2, 0) is 9.59 Å². The highest BCUT2D eigenvalue weighted by Crippen LogP contribution is 2.21. The molecule has 0 aliphatic carbocycles. The Morgan fingerprint density at radius 3 is 2.55 bits per heavy atom. The van der Waals surface area contributed by atoms with Crippen LogP contribution in [0.2, 0.25) is 5.02 Å². The Bertz CT molecular complexity index is 898. The van der Waals surface area contributed by atoms with Gasteiger partial charge < -0.3 is 15.5 Å². The van der Waals surface area contributed by atoms with Gasteiger partial charge in [-0.2, -0.15) is 0 Å². The van der Waals surface area contributed by atoms with Crippen LogP contribution in [0.25, 0.3) is 0 Å². The summed E-state index contributed by atoms with van der Waals surface area (Å²) in [6, 6.07) is 13.5. The fourth-order valence-corrected chi connectivity index (χ4v) is 3.42. The molecule has 1 fully saturated rings. The molecule has 6 nitrogen and oxygen atoms in total. The lowest BCUT2D eigenvalue weighted by molar-refractivity contribution is -0.128. The van der Waals surface area contributed by atoms with Gasteiger partial charge in [-0.05, 0) is 48.9 Å². The number of hydrogen-bond acceptors (Lipinski definition) is 3. The third-order valence-electron chi connectivity index (χ3n) is 4.86. The summed E-state index contributed by atoms with van der Waals surface area (Å²) in [4.78, 5) is 38.6. The summed E-state index contributed by atoms with van der Waals surface area (Å²) in [7, 11) is 0. The first-order valence-electron chi connectivity index (χ1n) is 9.72. The van der Waals surface area contributed by atoms with E-state index in [0.717, 1.165) is 12.8 Å². The van der Waals surface area contributed by atoms with Crippen molar-refractivity contribution in [1.82, 2.24) is 4.90 Å². The molecule has 29 heavy (non-hydrogen) atoms. The van der Waals surface area contributed by atoms with Crippen molar-refractivity contribution in [2.24, 2.45) is 5.92 Å². The van der Waals surface area contributed by atoms with E-state index in [1.807, 2.05) is 0 Å². The second-order valence-corrected chi connectivity index (χ2v) is 7.56. The van der Waals surface area contributed by atoms with Crippen LogP contribution >= 0.6 is 11.6 Å². The van der Waals surface area contributed by atoms with Crippen molar-refractivity contribution in [3.8, 4) is 0 Å². The molecule has 2 N–H and O–H groups in total. The van der Waals surface area contributed by atoms with E-state index in [0.29, 0.717) is 35.1 Å². The van der Waals surface area contributed by atoms with Crippen LogP contribution in [0.15, 0.2) is 48.5 Å². The summed E-state index contributed by atoms with van der Waals surface area (Å²) in [6.07, 6.45) is 2.20. The molecule has 2 aromatic carbocycles. The van der Waals surface area contributed by atoms with Gasteiger partial charge in [-0.25, -0.2) is 0 Å². The van der Waals surface area contributed by atoms with E-state index >= 15 is 0 Å². The number of carbonyl (C=O) groups excluding carboxylic acids is 3. The van der Waals surface area contributed by atoms with Crippen LogP contribution in [0.4, 0.5) is 11.4 Å². The van der Waals surface area contributed by atoms with Crippen molar-refractivity contribution in [2.45, 2.75) is 26.2 Å². The Hall–Kier alpha value is -2.86. The molecule has 1 heterocycles. The molecule has 7 heteroatoms. The van der Waals surface area contributed by atoms with Crippen LogP contribution in [0.1, 0.15) is 36.5 Å². The number of unbranched alkanes of at least 4 members (excludes halogenated alkanes) is 1. The first-order valence-corrected chi connectivity index (χ1v) is 10.1. The number of nitrogens with one attached hydrogen (secondary N) is 2. The zero-order valence-corrected chi connectivity index (χ0v) is 17.0. The maximum Gasteiger partial charge on any atom is 0.255 e. The van der Waals surface area contributed by atoms with Gasteiger partial charge in [0.15, 0.2) is 0 Å². The molecule has 2 aromatic rings. The molecule has 1 aliphatic heterocycles. The minimum Gasteiger partial charge on any atom is -0.342 e. The van der Waals surface area contributed by atoms with Gasteiger partial charge in [-0.15, -0.1) is 0 Å². The molecule has 0 radical (unpaired) electrons. The van der Waals surface area contributed by atoms with Gasteiger partial charge in [-0.3, -0.25) is 14.4 Å². The Labute approximate surface area is 175 Å². The molecule has 3 amide bonds. The summed E-state index contributed by atoms with van der Waals surface area (Å²) in [5, 5.41) is 6.16. The molecule has 0 aromatic heterocycles. The highest BCUT2D eigenvalue weighted by atomic mass is 35.5. The predicted molar refractivity (Wildman–Crippen MR) is 114 cm³/mol. The van der Waals surface area contributed by atoms with Crippen molar-refractivity contribution >= 4 is 40.7 Å². The van der Waals surface area contributed by atoms with Crippen molar-refractivity contribution in [1.29, 1.82) is 0 Å². The Balaban J connectivity index is 1.55. The number of benzene rings is 2. The summed E-state index contributed by atoms with van der Waals surface area (Å²) >= 11 is 5.92. The monoisotopic (exact) mass is 413 g/mol. The van der Waals surface area contributed by atoms with Gasteiger partial charge >= 0.3 is 0 Å². The van der Waals surface area contributed by atoms with Crippen molar-refractivity contribution in [2.75, 3.05) is 23.7 Å². The summed E-state index contributed by atoms with van der Waals surface area (Å²) < 4.78 is 0. The minimum atomic E-state index is -0.342. The second-order valence-electron chi connectivity index (χ2n) is 7.13. The SMILES string of the molecule is CCCCN1C[C@@H](C(=O)Nc2ccc(C(=O)Nc3cccc(Cl)c3)cc2)CC1=O. The number of halogens is 1. The van der Waals surface area contributed by atoms with Crippen molar-refractivity contribution in [3.05, 3.63) is 59.1 Å². The maximum atomic E-state index is 12.5. The third-order valence-corrected chi connectivity index (χ3v) is 5.10. The number of anilines is 2. The van der Waals surface area contributed by atoms with Crippen LogP contribution in [0, 0.1) is 5.92 Å². The molecule has 0 spiro atoms. The predicted octanol–water partition coefficient (Wildman–Crippen LogP) is 4.18. The first kappa shape index (κ1) is 20.9. The first-order chi connectivity index (χ1) is 14.0. The molecule has 0 saturated carbocycles. The normalized spacial score (nSPS) is 16.0. The van der Waals surface area contributed by atoms with Crippen molar-refractivity contribution in [3.63, 3.8) is 0 Å². The van der Waals surface area contributed by atoms with Gasteiger partial charge in [0.1, 0.15) is 0 Å². The molecule has 1 aliphatic rings. The third kappa shape index (κ3) is 5.57. The zero-order chi connectivity index (χ0) is 20.8. The van der Waals surface area contributed by atoms with Crippen LogP contribution in [-0.4, -0.2) is 35.7 Å². The molecule has 3 rings (SSSR count). The lowest BCUT2D eigenvalue weighted by Crippen LogP contribution is -2.29. The van der Waals surface area contributed by atoms with Gasteiger partial charge in [0.05, 0.1) is 5.92 Å². The van der Waals surface area contributed by atoms with Gasteiger partial charge in [0, 0.05) is 41.5 Å². The minimum absolute atomic E-state index is 0.0339. The molecule has 0 unspecified atom stereocenters. The fraction of sp³-hybridized carbons (Fsp3) is 0.318.